The van der Waals surface area contributed by atoms with E-state index in [2.05, 4.69) is 20.5 Å². The predicted molar refractivity (Wildman–Crippen MR) is 102 cm³/mol. The normalized spacial score (nSPS) is 11.0. The van der Waals surface area contributed by atoms with E-state index in [0.29, 0.717) is 27.3 Å². The maximum Gasteiger partial charge on any atom is 0.258 e. The lowest BCUT2D eigenvalue weighted by atomic mass is 10.3. The molecule has 3 aromatic heterocycles. The minimum absolute atomic E-state index is 0.187. The molecule has 0 spiro atoms. The lowest BCUT2D eigenvalue weighted by molar-refractivity contribution is 0.414. The van der Waals surface area contributed by atoms with Crippen molar-refractivity contribution >= 4 is 29.0 Å². The van der Waals surface area contributed by atoms with Crippen LogP contribution >= 0.6 is 23.4 Å². The molecular weight excluding hydrogens is 388 g/mol. The number of fused-ring (bicyclic) bond motifs is 1. The van der Waals surface area contributed by atoms with Crippen molar-refractivity contribution in [2.45, 2.75) is 10.9 Å². The molecule has 0 aliphatic rings. The Hall–Kier alpha value is -2.91. The highest BCUT2D eigenvalue weighted by Crippen LogP contribution is 2.23. The van der Waals surface area contributed by atoms with Gasteiger partial charge in [0.15, 0.2) is 0 Å². The number of nitrogens with zero attached hydrogens (tertiary/aromatic N) is 6. The molecule has 0 fully saturated rings. The van der Waals surface area contributed by atoms with Crippen LogP contribution in [-0.2, 0) is 5.75 Å². The van der Waals surface area contributed by atoms with E-state index in [1.54, 1.807) is 30.1 Å². The van der Waals surface area contributed by atoms with Crippen molar-refractivity contribution in [3.05, 3.63) is 69.7 Å². The number of thioether (sulfide) groups is 1. The van der Waals surface area contributed by atoms with Crippen molar-refractivity contribution in [1.82, 2.24) is 29.6 Å². The molecule has 136 valence electrons. The summed E-state index contributed by atoms with van der Waals surface area (Å²) in [5, 5.41) is 12.9. The number of ether oxygens (including phenoxy) is 1. The fourth-order valence-corrected chi connectivity index (χ4v) is 3.44. The van der Waals surface area contributed by atoms with E-state index >= 15 is 0 Å². The van der Waals surface area contributed by atoms with E-state index in [9.17, 15) is 4.79 Å². The van der Waals surface area contributed by atoms with Gasteiger partial charge in [-0.1, -0.05) is 23.4 Å². The number of hydrogen-bond acceptors (Lipinski definition) is 7. The Morgan fingerprint density at radius 2 is 2.00 bits per heavy atom. The Labute approximate surface area is 162 Å². The van der Waals surface area contributed by atoms with Crippen molar-refractivity contribution in [3.63, 3.8) is 0 Å². The fourth-order valence-electron chi connectivity index (χ4n) is 2.49. The van der Waals surface area contributed by atoms with Crippen molar-refractivity contribution in [2.24, 2.45) is 0 Å². The molecule has 0 bridgehead atoms. The van der Waals surface area contributed by atoms with Crippen molar-refractivity contribution in [1.29, 1.82) is 0 Å². The smallest absolute Gasteiger partial charge is 0.258 e. The van der Waals surface area contributed by atoms with E-state index in [-0.39, 0.29) is 5.56 Å². The van der Waals surface area contributed by atoms with E-state index in [1.165, 1.54) is 22.2 Å². The predicted octanol–water partition coefficient (Wildman–Crippen LogP) is 2.62. The first-order chi connectivity index (χ1) is 13.1. The number of halogens is 1. The minimum Gasteiger partial charge on any atom is -0.497 e. The highest BCUT2D eigenvalue weighted by Gasteiger charge is 2.11. The zero-order valence-electron chi connectivity index (χ0n) is 14.1. The largest absolute Gasteiger partial charge is 0.497 e. The maximum absolute atomic E-state index is 12.3. The SMILES string of the molecule is COc1ccc(-n2nnnc2SCc2cc(=O)n3cc(Cl)ccc3n2)cc1. The monoisotopic (exact) mass is 400 g/mol. The van der Waals surface area contributed by atoms with Crippen molar-refractivity contribution in [3.8, 4) is 11.4 Å². The van der Waals surface area contributed by atoms with Gasteiger partial charge >= 0.3 is 0 Å². The number of aromatic nitrogens is 6. The molecule has 10 heteroatoms. The molecule has 0 aliphatic carbocycles. The van der Waals surface area contributed by atoms with Crippen LogP contribution in [0.5, 0.6) is 5.75 Å². The molecule has 0 aliphatic heterocycles. The number of pyridine rings is 1. The highest BCUT2D eigenvalue weighted by molar-refractivity contribution is 7.98. The third-order valence-corrected chi connectivity index (χ3v) is 4.96. The lowest BCUT2D eigenvalue weighted by Gasteiger charge is -2.06. The van der Waals surface area contributed by atoms with Gasteiger partial charge < -0.3 is 4.74 Å². The summed E-state index contributed by atoms with van der Waals surface area (Å²) >= 11 is 7.32. The number of hydrogen-bond donors (Lipinski definition) is 0. The second-order valence-corrected chi connectivity index (χ2v) is 6.90. The summed E-state index contributed by atoms with van der Waals surface area (Å²) < 4.78 is 8.20. The van der Waals surface area contributed by atoms with Gasteiger partial charge in [-0.25, -0.2) is 4.98 Å². The molecule has 0 radical (unpaired) electrons. The molecule has 3 heterocycles. The topological polar surface area (TPSA) is 87.2 Å². The summed E-state index contributed by atoms with van der Waals surface area (Å²) in [6.07, 6.45) is 1.55. The van der Waals surface area contributed by atoms with Gasteiger partial charge in [0.25, 0.3) is 5.56 Å². The minimum atomic E-state index is -0.187. The Kier molecular flexibility index (Phi) is 4.78. The zero-order chi connectivity index (χ0) is 18.8. The number of rotatable bonds is 5. The second kappa shape index (κ2) is 7.37. The summed E-state index contributed by atoms with van der Waals surface area (Å²) in [7, 11) is 1.61. The average Bonchev–Trinajstić information content (AvgIpc) is 3.15. The summed E-state index contributed by atoms with van der Waals surface area (Å²) in [5.74, 6) is 1.20. The third-order valence-electron chi connectivity index (χ3n) is 3.78. The third kappa shape index (κ3) is 3.64. The van der Waals surface area contributed by atoms with E-state index in [1.807, 2.05) is 24.3 Å². The van der Waals surface area contributed by atoms with Crippen molar-refractivity contribution in [2.75, 3.05) is 7.11 Å². The molecule has 0 amide bonds. The Morgan fingerprint density at radius 3 is 2.78 bits per heavy atom. The molecule has 0 unspecified atom stereocenters. The molecule has 8 nitrogen and oxygen atoms in total. The fraction of sp³-hybridized carbons (Fsp3) is 0.118. The van der Waals surface area contributed by atoms with Gasteiger partial charge in [-0.3, -0.25) is 9.20 Å². The second-order valence-electron chi connectivity index (χ2n) is 5.52. The van der Waals surface area contributed by atoms with E-state index < -0.39 is 0 Å². The van der Waals surface area contributed by atoms with Gasteiger partial charge in [-0.15, -0.1) is 5.10 Å². The molecule has 4 aromatic rings. The van der Waals surface area contributed by atoms with Gasteiger partial charge in [0.2, 0.25) is 5.16 Å². The summed E-state index contributed by atoms with van der Waals surface area (Å²) in [5.41, 5.74) is 1.80. The first-order valence-corrected chi connectivity index (χ1v) is 9.24. The number of tetrazole rings is 1. The van der Waals surface area contributed by atoms with Gasteiger partial charge in [0, 0.05) is 18.0 Å². The first kappa shape index (κ1) is 17.5. The first-order valence-electron chi connectivity index (χ1n) is 7.87. The van der Waals surface area contributed by atoms with Crippen LogP contribution in [0.15, 0.2) is 58.6 Å². The maximum atomic E-state index is 12.3. The number of benzene rings is 1. The van der Waals surface area contributed by atoms with Crippen LogP contribution in [0.1, 0.15) is 5.69 Å². The van der Waals surface area contributed by atoms with Crippen LogP contribution in [0.2, 0.25) is 5.02 Å². The van der Waals surface area contributed by atoms with Gasteiger partial charge in [-0.2, -0.15) is 4.68 Å². The molecule has 0 saturated heterocycles. The van der Waals surface area contributed by atoms with E-state index in [4.69, 9.17) is 16.3 Å². The number of methoxy groups -OCH3 is 1. The molecule has 4 rings (SSSR count). The van der Waals surface area contributed by atoms with E-state index in [0.717, 1.165) is 11.4 Å². The quantitative estimate of drug-likeness (QED) is 0.476. The summed E-state index contributed by atoms with van der Waals surface area (Å²) in [6, 6.07) is 12.3. The van der Waals surface area contributed by atoms with Gasteiger partial charge in [0.1, 0.15) is 11.4 Å². The Morgan fingerprint density at radius 1 is 1.19 bits per heavy atom. The molecule has 1 aromatic carbocycles. The van der Waals surface area contributed by atoms with Crippen LogP contribution < -0.4 is 10.3 Å². The van der Waals surface area contributed by atoms with Crippen LogP contribution in [-0.4, -0.2) is 36.7 Å². The van der Waals surface area contributed by atoms with Crippen LogP contribution in [0.4, 0.5) is 0 Å². The lowest BCUT2D eigenvalue weighted by Crippen LogP contribution is -2.15. The van der Waals surface area contributed by atoms with Crippen LogP contribution in [0, 0.1) is 0 Å². The standard InChI is InChI=1S/C17H13ClN6O2S/c1-26-14-5-3-13(4-6-14)24-17(20-21-22-24)27-10-12-8-16(25)23-9-11(18)2-7-15(23)19-12/h2-9H,10H2,1H3. The van der Waals surface area contributed by atoms with Crippen LogP contribution in [0.3, 0.4) is 0 Å². The van der Waals surface area contributed by atoms with Gasteiger partial charge in [-0.05, 0) is 46.8 Å². The molecule has 27 heavy (non-hydrogen) atoms. The Bertz CT molecular complexity index is 1160. The summed E-state index contributed by atoms with van der Waals surface area (Å²) in [4.78, 5) is 16.8. The average molecular weight is 401 g/mol. The van der Waals surface area contributed by atoms with Gasteiger partial charge in [0.05, 0.1) is 23.5 Å². The summed E-state index contributed by atoms with van der Waals surface area (Å²) in [6.45, 7) is 0. The molecular formula is C17H13ClN6O2S. The zero-order valence-corrected chi connectivity index (χ0v) is 15.7. The molecule has 0 atom stereocenters. The molecule has 0 N–H and O–H groups in total. The Balaban J connectivity index is 1.58. The molecule has 0 saturated carbocycles. The van der Waals surface area contributed by atoms with Crippen molar-refractivity contribution < 1.29 is 4.74 Å². The van der Waals surface area contributed by atoms with Crippen LogP contribution in [0.25, 0.3) is 11.3 Å². The highest BCUT2D eigenvalue weighted by atomic mass is 35.5.